The molecule has 0 unspecified atom stereocenters. The van der Waals surface area contributed by atoms with Crippen molar-refractivity contribution in [2.45, 2.75) is 10.8 Å². The van der Waals surface area contributed by atoms with Gasteiger partial charge in [0, 0.05) is 0 Å². The minimum atomic E-state index is -0.756. The number of rotatable bonds is 6. The van der Waals surface area contributed by atoms with Crippen molar-refractivity contribution >= 4 is 129 Å². The van der Waals surface area contributed by atoms with Crippen LogP contribution in [0.3, 0.4) is 0 Å². The first-order chi connectivity index (χ1) is 62.4. The highest BCUT2D eigenvalue weighted by atomic mass is 14.6. The quantitative estimate of drug-likeness (QED) is 0.146. The Morgan fingerprint density at radius 1 is 0.103 bits per heavy atom. The van der Waals surface area contributed by atoms with Crippen molar-refractivity contribution in [2.75, 3.05) is 0 Å². The van der Waals surface area contributed by atoms with Gasteiger partial charge in [0.25, 0.3) is 0 Å². The predicted molar refractivity (Wildman–Crippen MR) is 531 cm³/mol. The second-order valence-corrected chi connectivity index (χ2v) is 36.7. The van der Waals surface area contributed by atoms with Gasteiger partial charge in [0.1, 0.15) is 0 Å². The summed E-state index contributed by atoms with van der Waals surface area (Å²) in [7, 11) is 0. The fraction of sp³-hybridized carbons (Fsp3) is 0.0159. The minimum absolute atomic E-state index is 0.755. The van der Waals surface area contributed by atoms with Gasteiger partial charge in [-0.1, -0.05) is 352 Å². The molecule has 0 amide bonds. The molecule has 8 bridgehead atoms. The number of fused-ring (bicyclic) bond motifs is 14. The van der Waals surface area contributed by atoms with Crippen LogP contribution in [-0.2, 0) is 10.8 Å². The van der Waals surface area contributed by atoms with Crippen LogP contribution in [0.2, 0.25) is 0 Å². The van der Waals surface area contributed by atoms with Crippen LogP contribution < -0.4 is 0 Å². The Morgan fingerprint density at radius 2 is 0.278 bits per heavy atom. The first-order valence-electron chi connectivity index (χ1n) is 44.4. The van der Waals surface area contributed by atoms with Crippen molar-refractivity contribution in [3.05, 3.63) is 457 Å². The molecule has 0 aromatic heterocycles. The van der Waals surface area contributed by atoms with E-state index < -0.39 is 10.8 Å². The Morgan fingerprint density at radius 3 is 0.563 bits per heavy atom. The van der Waals surface area contributed by atoms with Gasteiger partial charge < -0.3 is 0 Å². The maximum absolute atomic E-state index is 2.64. The van der Waals surface area contributed by atoms with Crippen molar-refractivity contribution in [3.63, 3.8) is 0 Å². The lowest BCUT2D eigenvalue weighted by Gasteiger charge is -2.33. The monoisotopic (exact) mass is 1580 g/mol. The smallest absolute Gasteiger partial charge is 0.0610 e. The van der Waals surface area contributed by atoms with Gasteiger partial charge in [-0.25, -0.2) is 0 Å². The number of hydrogen-bond donors (Lipinski definition) is 0. The van der Waals surface area contributed by atoms with Gasteiger partial charge >= 0.3 is 0 Å². The molecular formula is C126H68. The zero-order valence-electron chi connectivity index (χ0n) is 68.3. The molecule has 31 rings (SSSR count). The van der Waals surface area contributed by atoms with Gasteiger partial charge in [-0.15, -0.1) is 0 Å². The first kappa shape index (κ1) is 66.6. The van der Waals surface area contributed by atoms with Crippen molar-refractivity contribution in [3.8, 4) is 134 Å². The SMILES string of the molecule is c1cc2ccc3cc(-c4ccc5c(c4)[C@@]46c7cc(ccc7-5)-c5ccc7c(c5)[C@@]5(c8cc(-c9ccc(-c%10ccc%11ccc%12cccc%13ccc%10c%11c%12%13)cc9)ccc8-7)c7cc(-c8ccc(-c9ccc%10ccc%11cccc%12ccc9c%10c%11%12)cc8)ccc7-c7ccc(cc75)-c5ccc(c4c5)-c4ccc(-c5ccc7ccc8cccc9ccc5c7c89)cc46)cc4ccc(c1)c2c34. The molecule has 0 N–H and O–H groups in total. The zero-order chi connectivity index (χ0) is 81.4. The van der Waals surface area contributed by atoms with Crippen molar-refractivity contribution in [2.24, 2.45) is 0 Å². The molecule has 0 radical (unpaired) electrons. The van der Waals surface area contributed by atoms with Gasteiger partial charge in [-0.2, -0.15) is 0 Å². The second-order valence-electron chi connectivity index (χ2n) is 36.7. The third kappa shape index (κ3) is 8.41. The van der Waals surface area contributed by atoms with Crippen LogP contribution in [0.4, 0.5) is 0 Å². The molecule has 0 saturated carbocycles. The summed E-state index contributed by atoms with van der Waals surface area (Å²) in [4.78, 5) is 0. The highest BCUT2D eigenvalue weighted by Crippen LogP contribution is 2.68. The third-order valence-electron chi connectivity index (χ3n) is 31.0. The molecule has 0 aliphatic heterocycles. The van der Waals surface area contributed by atoms with E-state index in [9.17, 15) is 0 Å². The Labute approximate surface area is 725 Å². The lowest BCUT2D eigenvalue weighted by Crippen LogP contribution is -2.27. The lowest BCUT2D eigenvalue weighted by molar-refractivity contribution is 0.792. The lowest BCUT2D eigenvalue weighted by atomic mass is 9.68. The molecule has 0 saturated heterocycles. The van der Waals surface area contributed by atoms with Gasteiger partial charge in [-0.05, 0) is 368 Å². The van der Waals surface area contributed by atoms with Crippen LogP contribution in [0.5, 0.6) is 0 Å². The molecular weight excluding hydrogens is 1510 g/mol. The Balaban J connectivity index is 0.627. The maximum atomic E-state index is 2.64. The fourth-order valence-corrected chi connectivity index (χ4v) is 25.4. The summed E-state index contributed by atoms with van der Waals surface area (Å²) in [5, 5.41) is 31.1. The minimum Gasteiger partial charge on any atom is -0.0610 e. The summed E-state index contributed by atoms with van der Waals surface area (Å²) in [6.07, 6.45) is 0. The van der Waals surface area contributed by atoms with Gasteiger partial charge in [-0.3, -0.25) is 0 Å². The molecule has 5 aliphatic carbocycles. The van der Waals surface area contributed by atoms with E-state index in [4.69, 9.17) is 0 Å². The normalized spacial score (nSPS) is 15.4. The molecule has 2 spiro atoms. The number of benzene rings is 26. The predicted octanol–water partition coefficient (Wildman–Crippen LogP) is 33.6. The van der Waals surface area contributed by atoms with Crippen molar-refractivity contribution in [1.82, 2.24) is 0 Å². The van der Waals surface area contributed by atoms with Crippen LogP contribution >= 0.6 is 0 Å². The average molecular weight is 1580 g/mol. The molecule has 0 fully saturated rings. The molecule has 0 nitrogen and oxygen atoms in total. The van der Waals surface area contributed by atoms with Crippen LogP contribution in [0.15, 0.2) is 413 Å². The van der Waals surface area contributed by atoms with E-state index in [0.29, 0.717) is 0 Å². The third-order valence-corrected chi connectivity index (χ3v) is 31.0. The van der Waals surface area contributed by atoms with Crippen LogP contribution in [-0.4, -0.2) is 0 Å². The summed E-state index contributed by atoms with van der Waals surface area (Å²) >= 11 is 0. The maximum Gasteiger partial charge on any atom is 0.0726 e. The molecule has 572 valence electrons. The highest BCUT2D eigenvalue weighted by molar-refractivity contribution is 6.29. The standard InChI is InChI=1S/C126H68/c1-5-73-27-29-92-59-94(60-93-30-28-74(6-1)117(73)121(92)93)90-43-54-104-102-52-41-88-65-113(102)126(115(104)67-90)114-66-89(42-53-103(114)105-55-44-91(68-116(105)126)97-47-33-83-26-23-77-9-4-12-80-36-58-108(97)124(83)120(77)80)87-40-51-101-99-49-38-85(70-15-19-72(20-16-70)96-46-32-82-25-22-76-8-3-11-79-35-57-107(96)123(82)119(76)79)62-110(99)125(112(101)64-87)109-61-84(37-48-98(109)100-50-39-86(88)63-111(100)125)69-13-17-71(18-14-69)95-45-31-81-24-21-75-7-2-10-78-34-56-106(95)122(81)118(75)78/h1-68H/t125-,126-/m1/s1. The summed E-state index contributed by atoms with van der Waals surface area (Å²) in [5.74, 6) is 0. The molecule has 126 heavy (non-hydrogen) atoms. The molecule has 26 aromatic rings. The van der Waals surface area contributed by atoms with E-state index in [0.717, 1.165) is 0 Å². The average Bonchev–Trinajstić information content (AvgIpc) is 1.50. The van der Waals surface area contributed by atoms with E-state index >= 15 is 0 Å². The van der Waals surface area contributed by atoms with Crippen LogP contribution in [0, 0.1) is 0 Å². The zero-order valence-corrected chi connectivity index (χ0v) is 68.3. The molecule has 0 heterocycles. The first-order valence-corrected chi connectivity index (χ1v) is 44.4. The van der Waals surface area contributed by atoms with E-state index in [2.05, 4.69) is 413 Å². The summed E-state index contributed by atoms with van der Waals surface area (Å²) in [6.45, 7) is 0. The summed E-state index contributed by atoms with van der Waals surface area (Å²) < 4.78 is 0. The molecule has 2 atom stereocenters. The van der Waals surface area contributed by atoms with Gasteiger partial charge in [0.05, 0.1) is 10.8 Å². The largest absolute Gasteiger partial charge is 0.0726 e. The Bertz CT molecular complexity index is 9030. The Kier molecular flexibility index (Phi) is 12.5. The summed E-state index contributed by atoms with van der Waals surface area (Å²) in [5.41, 5.74) is 38.5. The van der Waals surface area contributed by atoms with Crippen molar-refractivity contribution < 1.29 is 0 Å². The van der Waals surface area contributed by atoms with Gasteiger partial charge in [0.15, 0.2) is 0 Å². The van der Waals surface area contributed by atoms with E-state index in [1.165, 1.54) is 307 Å². The van der Waals surface area contributed by atoms with Crippen LogP contribution in [0.1, 0.15) is 44.5 Å². The fourth-order valence-electron chi connectivity index (χ4n) is 25.4. The Hall–Kier alpha value is -16.1. The van der Waals surface area contributed by atoms with E-state index in [-0.39, 0.29) is 0 Å². The molecule has 5 aliphatic rings. The van der Waals surface area contributed by atoms with Crippen LogP contribution in [0.25, 0.3) is 263 Å². The van der Waals surface area contributed by atoms with E-state index in [1.807, 2.05) is 0 Å². The van der Waals surface area contributed by atoms with Crippen molar-refractivity contribution in [1.29, 1.82) is 0 Å². The topological polar surface area (TPSA) is 0 Å². The van der Waals surface area contributed by atoms with E-state index in [1.54, 1.807) is 0 Å². The van der Waals surface area contributed by atoms with Gasteiger partial charge in [0.2, 0.25) is 0 Å². The molecule has 0 heteroatoms. The summed E-state index contributed by atoms with van der Waals surface area (Å²) in [6, 6.07) is 162. The number of hydrogen-bond acceptors (Lipinski definition) is 0. The highest BCUT2D eigenvalue weighted by Gasteiger charge is 2.55. The second kappa shape index (κ2) is 23.6. The molecule has 26 aromatic carbocycles.